The van der Waals surface area contributed by atoms with E-state index in [0.29, 0.717) is 22.1 Å². The van der Waals surface area contributed by atoms with Crippen molar-refractivity contribution in [3.05, 3.63) is 94.3 Å². The molecule has 4 heterocycles. The third-order valence-electron chi connectivity index (χ3n) is 6.37. The molecule has 34 heavy (non-hydrogen) atoms. The van der Waals surface area contributed by atoms with Crippen LogP contribution in [0.15, 0.2) is 60.7 Å². The molecule has 0 atom stereocenters. The maximum Gasteiger partial charge on any atom is 0.224 e. The summed E-state index contributed by atoms with van der Waals surface area (Å²) >= 11 is 12.3. The van der Waals surface area contributed by atoms with Gasteiger partial charge in [0.15, 0.2) is 0 Å². The second kappa shape index (κ2) is 9.35. The van der Waals surface area contributed by atoms with Crippen LogP contribution in [0.2, 0.25) is 10.3 Å². The zero-order valence-corrected chi connectivity index (χ0v) is 19.6. The second-order valence-corrected chi connectivity index (χ2v) is 9.15. The van der Waals surface area contributed by atoms with Gasteiger partial charge in [0.05, 0.1) is 33.8 Å². The van der Waals surface area contributed by atoms with Crippen LogP contribution in [-0.2, 0) is 5.41 Å². The lowest BCUT2D eigenvalue weighted by molar-refractivity contribution is 0.331. The van der Waals surface area contributed by atoms with Gasteiger partial charge < -0.3 is 0 Å². The van der Waals surface area contributed by atoms with E-state index >= 15 is 0 Å². The first-order valence-electron chi connectivity index (χ1n) is 11.1. The quantitative estimate of drug-likeness (QED) is 0.275. The van der Waals surface area contributed by atoms with E-state index in [1.165, 1.54) is 6.07 Å². The molecule has 0 N–H and O–H groups in total. The van der Waals surface area contributed by atoms with Crippen molar-refractivity contribution in [3.8, 4) is 22.5 Å². The maximum absolute atomic E-state index is 14.4. The summed E-state index contributed by atoms with van der Waals surface area (Å²) in [4.78, 5) is 17.3. The zero-order valence-electron chi connectivity index (χ0n) is 18.1. The van der Waals surface area contributed by atoms with Crippen molar-refractivity contribution in [2.45, 2.75) is 37.5 Å². The maximum atomic E-state index is 14.4. The van der Waals surface area contributed by atoms with E-state index in [-0.39, 0.29) is 10.7 Å². The molecule has 1 aliphatic rings. The van der Waals surface area contributed by atoms with Crippen LogP contribution < -0.4 is 0 Å². The van der Waals surface area contributed by atoms with Crippen LogP contribution in [-0.4, -0.2) is 19.9 Å². The topological polar surface area (TPSA) is 51.6 Å². The highest BCUT2D eigenvalue weighted by atomic mass is 35.5. The van der Waals surface area contributed by atoms with E-state index in [1.54, 1.807) is 18.2 Å². The largest absolute Gasteiger partial charge is 0.252 e. The number of rotatable bonds is 4. The normalized spacial score (nSPS) is 15.3. The lowest BCUT2D eigenvalue weighted by atomic mass is 9.69. The number of nitrogens with zero attached hydrogens (tertiary/aromatic N) is 4. The highest BCUT2D eigenvalue weighted by Crippen LogP contribution is 2.44. The molecule has 5 rings (SSSR count). The third kappa shape index (κ3) is 4.28. The Bertz CT molecular complexity index is 1260. The highest BCUT2D eigenvalue weighted by Gasteiger charge is 2.39. The first-order chi connectivity index (χ1) is 16.5. The minimum Gasteiger partial charge on any atom is -0.252 e. The van der Waals surface area contributed by atoms with E-state index in [1.807, 2.05) is 30.3 Å². The van der Waals surface area contributed by atoms with Gasteiger partial charge in [0.25, 0.3) is 0 Å². The van der Waals surface area contributed by atoms with Gasteiger partial charge in [-0.3, -0.25) is 9.97 Å². The lowest BCUT2D eigenvalue weighted by Crippen LogP contribution is -2.32. The molecule has 0 radical (unpaired) electrons. The minimum absolute atomic E-state index is 0.162. The van der Waals surface area contributed by atoms with Crippen LogP contribution in [0.1, 0.15) is 43.5 Å². The number of aromatic nitrogens is 4. The monoisotopic (exact) mass is 496 g/mol. The number of pyridine rings is 4. The average molecular weight is 497 g/mol. The van der Waals surface area contributed by atoms with Crippen LogP contribution in [0.5, 0.6) is 0 Å². The Morgan fingerprint density at radius 2 is 1.26 bits per heavy atom. The van der Waals surface area contributed by atoms with E-state index < -0.39 is 17.3 Å². The van der Waals surface area contributed by atoms with E-state index in [0.717, 1.165) is 49.6 Å². The van der Waals surface area contributed by atoms with Crippen LogP contribution in [0.25, 0.3) is 22.5 Å². The van der Waals surface area contributed by atoms with E-state index in [9.17, 15) is 8.78 Å². The summed E-state index contributed by atoms with van der Waals surface area (Å²) in [6.45, 7) is 0. The molecule has 0 unspecified atom stereocenters. The van der Waals surface area contributed by atoms with Crippen LogP contribution in [0.4, 0.5) is 8.78 Å². The van der Waals surface area contributed by atoms with Crippen LogP contribution in [0.3, 0.4) is 0 Å². The Balaban J connectivity index is 1.62. The molecular formula is C26H20Cl2F2N4. The van der Waals surface area contributed by atoms with Crippen molar-refractivity contribution in [1.29, 1.82) is 0 Å². The number of hydrogen-bond acceptors (Lipinski definition) is 4. The summed E-state index contributed by atoms with van der Waals surface area (Å²) in [6, 6.07) is 17.3. The molecule has 1 fully saturated rings. The SMILES string of the molecule is Fc1ccc(-c2cccc(C3(c4cccc(-c5ccc(Cl)nc5Cl)n4)CCCCC3)n2)c(F)n1. The summed E-state index contributed by atoms with van der Waals surface area (Å²) in [6.07, 6.45) is 4.89. The third-order valence-corrected chi connectivity index (χ3v) is 6.87. The van der Waals surface area contributed by atoms with Crippen LogP contribution in [0, 0.1) is 11.9 Å². The fourth-order valence-corrected chi connectivity index (χ4v) is 5.15. The van der Waals surface area contributed by atoms with Crippen molar-refractivity contribution >= 4 is 23.2 Å². The Morgan fingerprint density at radius 3 is 1.88 bits per heavy atom. The molecule has 0 aliphatic heterocycles. The van der Waals surface area contributed by atoms with Crippen molar-refractivity contribution < 1.29 is 8.78 Å². The molecule has 0 bridgehead atoms. The summed E-state index contributed by atoms with van der Waals surface area (Å²) < 4.78 is 27.7. The standard InChI is InChI=1S/C26H20Cl2F2N4/c27-22-12-10-16(24(28)33-22)18-6-4-8-20(31-18)26(14-2-1-3-15-26)21-9-5-7-19(32-21)17-11-13-23(29)34-25(17)30/h4-13H,1-3,14-15H2. The van der Waals surface area contributed by atoms with Gasteiger partial charge in [0.2, 0.25) is 11.9 Å². The van der Waals surface area contributed by atoms with Crippen molar-refractivity contribution in [3.63, 3.8) is 0 Å². The van der Waals surface area contributed by atoms with Crippen molar-refractivity contribution in [1.82, 2.24) is 19.9 Å². The first kappa shape index (κ1) is 22.8. The van der Waals surface area contributed by atoms with Gasteiger partial charge in [-0.15, -0.1) is 0 Å². The van der Waals surface area contributed by atoms with Gasteiger partial charge in [-0.2, -0.15) is 13.8 Å². The Hall–Kier alpha value is -2.96. The Morgan fingerprint density at radius 1 is 0.647 bits per heavy atom. The molecular weight excluding hydrogens is 477 g/mol. The van der Waals surface area contributed by atoms with Gasteiger partial charge in [-0.05, 0) is 61.4 Å². The molecule has 4 aromatic heterocycles. The van der Waals surface area contributed by atoms with Crippen molar-refractivity contribution in [2.75, 3.05) is 0 Å². The number of halogens is 4. The molecule has 172 valence electrons. The van der Waals surface area contributed by atoms with E-state index in [4.69, 9.17) is 33.2 Å². The first-order valence-corrected chi connectivity index (χ1v) is 11.8. The highest BCUT2D eigenvalue weighted by molar-refractivity contribution is 6.34. The fourth-order valence-electron chi connectivity index (χ4n) is 4.71. The summed E-state index contributed by atoms with van der Waals surface area (Å²) in [7, 11) is 0. The predicted molar refractivity (Wildman–Crippen MR) is 129 cm³/mol. The Kier molecular flexibility index (Phi) is 6.28. The van der Waals surface area contributed by atoms with Gasteiger partial charge in [-0.1, -0.05) is 54.6 Å². The molecule has 8 heteroatoms. The summed E-state index contributed by atoms with van der Waals surface area (Å²) in [5.41, 5.74) is 3.20. The molecule has 1 aliphatic carbocycles. The zero-order chi connectivity index (χ0) is 23.7. The molecule has 4 nitrogen and oxygen atoms in total. The van der Waals surface area contributed by atoms with Gasteiger partial charge in [-0.25, -0.2) is 4.98 Å². The molecule has 1 saturated carbocycles. The molecule has 4 aromatic rings. The molecule has 0 spiro atoms. The van der Waals surface area contributed by atoms with Crippen molar-refractivity contribution in [2.24, 2.45) is 0 Å². The summed E-state index contributed by atoms with van der Waals surface area (Å²) in [5, 5.41) is 0.603. The van der Waals surface area contributed by atoms with Gasteiger partial charge >= 0.3 is 0 Å². The average Bonchev–Trinajstić information content (AvgIpc) is 2.85. The smallest absolute Gasteiger partial charge is 0.224 e. The molecule has 0 amide bonds. The predicted octanol–water partition coefficient (Wildman–Crippen LogP) is 7.44. The molecule has 0 aromatic carbocycles. The fraction of sp³-hybridized carbons (Fsp3) is 0.231. The van der Waals surface area contributed by atoms with Gasteiger partial charge in [0.1, 0.15) is 10.3 Å². The summed E-state index contributed by atoms with van der Waals surface area (Å²) in [5.74, 6) is -1.75. The minimum atomic E-state index is -0.882. The molecule has 0 saturated heterocycles. The van der Waals surface area contributed by atoms with Gasteiger partial charge in [0, 0.05) is 5.56 Å². The van der Waals surface area contributed by atoms with Crippen LogP contribution >= 0.6 is 23.2 Å². The number of hydrogen-bond donors (Lipinski definition) is 0. The lowest BCUT2D eigenvalue weighted by Gasteiger charge is -2.37. The van der Waals surface area contributed by atoms with E-state index in [2.05, 4.69) is 9.97 Å². The second-order valence-electron chi connectivity index (χ2n) is 8.40. The Labute approximate surface area is 206 Å².